The first-order valence-corrected chi connectivity index (χ1v) is 11.1. The van der Waals surface area contributed by atoms with E-state index in [2.05, 4.69) is 56.2 Å². The van der Waals surface area contributed by atoms with Crippen molar-refractivity contribution in [2.24, 2.45) is 0 Å². The molecule has 5 nitrogen and oxygen atoms in total. The largest absolute Gasteiger partial charge is 0.400 e. The Morgan fingerprint density at radius 3 is 2.39 bits per heavy atom. The Kier molecular flexibility index (Phi) is 7.31. The van der Waals surface area contributed by atoms with Crippen LogP contribution in [0.4, 0.5) is 0 Å². The Labute approximate surface area is 176 Å². The van der Waals surface area contributed by atoms with Gasteiger partial charge in [0.15, 0.2) is 0 Å². The number of halogens is 1. The Morgan fingerprint density at radius 2 is 1.79 bits per heavy atom. The van der Waals surface area contributed by atoms with Crippen molar-refractivity contribution in [1.29, 1.82) is 0 Å². The molecule has 0 aliphatic carbocycles. The zero-order chi connectivity index (χ0) is 20.3. The Bertz CT molecular complexity index is 806. The minimum absolute atomic E-state index is 0.302. The number of hydrogen-bond donors (Lipinski definition) is 1. The van der Waals surface area contributed by atoms with E-state index in [4.69, 9.17) is 5.11 Å². The molecule has 1 unspecified atom stereocenters. The summed E-state index contributed by atoms with van der Waals surface area (Å²) in [5.74, 6) is 0. The Morgan fingerprint density at radius 1 is 1.14 bits per heavy atom. The van der Waals surface area contributed by atoms with Crippen LogP contribution in [0.15, 0.2) is 22.8 Å². The number of nitrogens with zero attached hydrogens (tertiary/aromatic N) is 3. The van der Waals surface area contributed by atoms with Gasteiger partial charge in [-0.05, 0) is 86.2 Å². The van der Waals surface area contributed by atoms with E-state index >= 15 is 0 Å². The molecule has 0 spiro atoms. The summed E-state index contributed by atoms with van der Waals surface area (Å²) < 4.78 is 3.31. The van der Waals surface area contributed by atoms with Crippen LogP contribution in [-0.2, 0) is 0 Å². The summed E-state index contributed by atoms with van der Waals surface area (Å²) in [7, 11) is 1.00. The van der Waals surface area contributed by atoms with Crippen molar-refractivity contribution >= 4 is 27.7 Å². The highest BCUT2D eigenvalue weighted by Crippen LogP contribution is 2.32. The molecule has 28 heavy (non-hydrogen) atoms. The smallest absolute Gasteiger partial charge is 0.150 e. The van der Waals surface area contributed by atoms with Crippen molar-refractivity contribution in [2.75, 3.05) is 33.3 Å². The van der Waals surface area contributed by atoms with Crippen LogP contribution < -0.4 is 0 Å². The fourth-order valence-electron chi connectivity index (χ4n) is 4.92. The normalized spacial score (nSPS) is 20.2. The molecular formula is C22H32BrN3O2. The summed E-state index contributed by atoms with van der Waals surface area (Å²) in [6.07, 6.45) is 8.37. The number of aliphatic hydroxyl groups is 1. The zero-order valence-corrected chi connectivity index (χ0v) is 18.8. The van der Waals surface area contributed by atoms with Crippen LogP contribution in [0.5, 0.6) is 0 Å². The maximum Gasteiger partial charge on any atom is 0.150 e. The maximum absolute atomic E-state index is 11.6. The van der Waals surface area contributed by atoms with Crippen LogP contribution in [-0.4, -0.2) is 64.9 Å². The van der Waals surface area contributed by atoms with Crippen molar-refractivity contribution in [1.82, 2.24) is 14.2 Å². The van der Waals surface area contributed by atoms with Gasteiger partial charge in [0.25, 0.3) is 0 Å². The molecule has 2 aromatic rings. The van der Waals surface area contributed by atoms with Gasteiger partial charge in [-0.2, -0.15) is 0 Å². The quantitative estimate of drug-likeness (QED) is 0.715. The zero-order valence-electron chi connectivity index (χ0n) is 17.2. The number of piperidine rings is 1. The molecule has 1 atom stereocenters. The van der Waals surface area contributed by atoms with Gasteiger partial charge in [-0.3, -0.25) is 9.69 Å². The van der Waals surface area contributed by atoms with E-state index in [-0.39, 0.29) is 0 Å². The summed E-state index contributed by atoms with van der Waals surface area (Å²) in [6, 6.07) is 5.14. The highest BCUT2D eigenvalue weighted by molar-refractivity contribution is 9.10. The highest BCUT2D eigenvalue weighted by Gasteiger charge is 2.30. The summed E-state index contributed by atoms with van der Waals surface area (Å²) >= 11 is 3.59. The van der Waals surface area contributed by atoms with Crippen LogP contribution in [0.3, 0.4) is 0 Å². The van der Waals surface area contributed by atoms with Gasteiger partial charge in [-0.25, -0.2) is 0 Å². The number of pyridine rings is 1. The number of aliphatic hydroxyl groups excluding tert-OH is 1. The molecule has 0 saturated carbocycles. The number of aldehydes is 1. The molecule has 2 aromatic heterocycles. The van der Waals surface area contributed by atoms with Gasteiger partial charge in [0, 0.05) is 59.7 Å². The molecule has 2 saturated heterocycles. The molecule has 4 heterocycles. The molecule has 2 aliphatic rings. The lowest BCUT2D eigenvalue weighted by atomic mass is 9.98. The molecule has 4 rings (SSSR count). The van der Waals surface area contributed by atoms with E-state index in [0.717, 1.165) is 53.6 Å². The second-order valence-corrected chi connectivity index (χ2v) is 8.78. The Balaban J connectivity index is 0.00000109. The highest BCUT2D eigenvalue weighted by atomic mass is 79.9. The van der Waals surface area contributed by atoms with Gasteiger partial charge in [-0.1, -0.05) is 0 Å². The number of hydrogen-bond acceptors (Lipinski definition) is 4. The standard InChI is InChI=1S/C21H28BrN3O.CH4O/c1-15-17(14-26)11-20-12-18(22)13-25(20)21(15)16(2)23-9-5-19(6-10-23)24-7-3-4-8-24;1-2/h11-14,16,19H,3-10H2,1-2H3;2H,1H3. The van der Waals surface area contributed by atoms with E-state index in [1.54, 1.807) is 0 Å². The van der Waals surface area contributed by atoms with Gasteiger partial charge in [0.05, 0.1) is 0 Å². The second kappa shape index (κ2) is 9.53. The molecule has 1 N–H and O–H groups in total. The van der Waals surface area contributed by atoms with E-state index < -0.39 is 0 Å². The van der Waals surface area contributed by atoms with Gasteiger partial charge in [0.1, 0.15) is 6.29 Å². The molecule has 154 valence electrons. The van der Waals surface area contributed by atoms with Crippen molar-refractivity contribution in [2.45, 2.75) is 51.6 Å². The lowest BCUT2D eigenvalue weighted by Gasteiger charge is -2.40. The fraction of sp³-hybridized carbons (Fsp3) is 0.591. The molecule has 0 radical (unpaired) electrons. The molecular weight excluding hydrogens is 418 g/mol. The number of fused-ring (bicyclic) bond motifs is 1. The van der Waals surface area contributed by atoms with Gasteiger partial charge >= 0.3 is 0 Å². The average molecular weight is 450 g/mol. The summed E-state index contributed by atoms with van der Waals surface area (Å²) in [5.41, 5.74) is 4.23. The van der Waals surface area contributed by atoms with Crippen molar-refractivity contribution in [3.63, 3.8) is 0 Å². The van der Waals surface area contributed by atoms with Gasteiger partial charge in [0.2, 0.25) is 0 Å². The van der Waals surface area contributed by atoms with Crippen molar-refractivity contribution in [3.05, 3.63) is 39.6 Å². The predicted octanol–water partition coefficient (Wildman–Crippen LogP) is 4.05. The fourth-order valence-corrected chi connectivity index (χ4v) is 5.36. The summed E-state index contributed by atoms with van der Waals surface area (Å²) in [5, 5.41) is 7.00. The number of likely N-dealkylation sites (tertiary alicyclic amines) is 2. The topological polar surface area (TPSA) is 48.2 Å². The lowest BCUT2D eigenvalue weighted by Crippen LogP contribution is -2.44. The number of carbonyl (C=O) groups excluding carboxylic acids is 1. The van der Waals surface area contributed by atoms with Crippen LogP contribution in [0, 0.1) is 6.92 Å². The van der Waals surface area contributed by atoms with E-state index in [9.17, 15) is 4.79 Å². The van der Waals surface area contributed by atoms with Crippen LogP contribution >= 0.6 is 15.9 Å². The van der Waals surface area contributed by atoms with Crippen LogP contribution in [0.1, 0.15) is 60.3 Å². The molecule has 2 aliphatic heterocycles. The van der Waals surface area contributed by atoms with E-state index in [1.165, 1.54) is 44.5 Å². The average Bonchev–Trinajstić information content (AvgIpc) is 3.38. The minimum atomic E-state index is 0.302. The van der Waals surface area contributed by atoms with Crippen LogP contribution in [0.25, 0.3) is 5.52 Å². The number of rotatable bonds is 4. The Hall–Kier alpha value is -1.21. The lowest BCUT2D eigenvalue weighted by molar-refractivity contribution is 0.0995. The molecule has 6 heteroatoms. The third kappa shape index (κ3) is 4.20. The third-order valence-corrected chi connectivity index (χ3v) is 6.86. The monoisotopic (exact) mass is 449 g/mol. The van der Waals surface area contributed by atoms with Gasteiger partial charge in [-0.15, -0.1) is 0 Å². The SMILES string of the molecule is CO.Cc1c(C=O)cc2cc(Br)cn2c1C(C)N1CCC(N2CCCC2)CC1. The number of carbonyl (C=O) groups is 1. The molecule has 0 bridgehead atoms. The van der Waals surface area contributed by atoms with E-state index in [0.29, 0.717) is 6.04 Å². The van der Waals surface area contributed by atoms with Gasteiger partial charge < -0.3 is 14.4 Å². The number of aromatic nitrogens is 1. The summed E-state index contributed by atoms with van der Waals surface area (Å²) in [4.78, 5) is 16.9. The first-order chi connectivity index (χ1) is 13.6. The molecule has 0 amide bonds. The van der Waals surface area contributed by atoms with Crippen LogP contribution in [0.2, 0.25) is 0 Å². The minimum Gasteiger partial charge on any atom is -0.400 e. The summed E-state index contributed by atoms with van der Waals surface area (Å²) in [6.45, 7) is 9.23. The van der Waals surface area contributed by atoms with Crippen molar-refractivity contribution < 1.29 is 9.90 Å². The maximum atomic E-state index is 11.6. The van der Waals surface area contributed by atoms with Crippen molar-refractivity contribution in [3.8, 4) is 0 Å². The second-order valence-electron chi connectivity index (χ2n) is 7.87. The molecule has 0 aromatic carbocycles. The first-order valence-electron chi connectivity index (χ1n) is 10.3. The third-order valence-electron chi connectivity index (χ3n) is 6.42. The van der Waals surface area contributed by atoms with E-state index in [1.807, 2.05) is 6.07 Å². The molecule has 2 fully saturated rings. The predicted molar refractivity (Wildman–Crippen MR) is 117 cm³/mol. The first kappa shape index (κ1) is 21.5.